The summed E-state index contributed by atoms with van der Waals surface area (Å²) >= 11 is 6.19. The highest BCUT2D eigenvalue weighted by Crippen LogP contribution is 2.31. The molecule has 2 aromatic rings. The number of amides is 2. The van der Waals surface area contributed by atoms with Crippen LogP contribution >= 0.6 is 11.6 Å². The summed E-state index contributed by atoms with van der Waals surface area (Å²) in [5.74, 6) is -0.457. The second-order valence-corrected chi connectivity index (χ2v) is 7.20. The highest BCUT2D eigenvalue weighted by molar-refractivity contribution is 6.33. The first kappa shape index (κ1) is 18.5. The molecule has 136 valence electrons. The highest BCUT2D eigenvalue weighted by Gasteiger charge is 2.36. The van der Waals surface area contributed by atoms with Gasteiger partial charge in [0.25, 0.3) is 0 Å². The molecule has 0 bridgehead atoms. The maximum Gasteiger partial charge on any atom is 0.227 e. The Kier molecular flexibility index (Phi) is 5.94. The standard InChI is InChI=1S/C21H23ClN2O2/c1-15(11-12-16-7-3-2-4-8-16)23-21(26)17-13-20(25)24(14-17)19-10-6-5-9-18(19)22/h2-10,15,17H,11-14H2,1H3,(H,23,26)/t15-,17-/m0/s1. The molecule has 2 atom stereocenters. The summed E-state index contributed by atoms with van der Waals surface area (Å²) in [4.78, 5) is 26.5. The molecule has 0 saturated carbocycles. The molecule has 0 radical (unpaired) electrons. The van der Waals surface area contributed by atoms with Crippen molar-refractivity contribution in [2.75, 3.05) is 11.4 Å². The lowest BCUT2D eigenvalue weighted by Crippen LogP contribution is -2.38. The van der Waals surface area contributed by atoms with Crippen molar-refractivity contribution in [3.63, 3.8) is 0 Å². The average molecular weight is 371 g/mol. The Morgan fingerprint density at radius 2 is 1.88 bits per heavy atom. The number of carbonyl (C=O) groups excluding carboxylic acids is 2. The summed E-state index contributed by atoms with van der Waals surface area (Å²) in [6.07, 6.45) is 2.00. The molecule has 0 unspecified atom stereocenters. The van der Waals surface area contributed by atoms with E-state index < -0.39 is 0 Å². The lowest BCUT2D eigenvalue weighted by Gasteiger charge is -2.19. The molecule has 1 aliphatic rings. The van der Waals surface area contributed by atoms with Crippen molar-refractivity contribution in [1.29, 1.82) is 0 Å². The minimum absolute atomic E-state index is 0.0600. The van der Waals surface area contributed by atoms with Crippen molar-refractivity contribution in [2.24, 2.45) is 5.92 Å². The SMILES string of the molecule is C[C@@H](CCc1ccccc1)NC(=O)[C@H]1CC(=O)N(c2ccccc2Cl)C1. The van der Waals surface area contributed by atoms with E-state index in [1.807, 2.05) is 43.3 Å². The third-order valence-electron chi connectivity index (χ3n) is 4.74. The Bertz CT molecular complexity index is 779. The number of para-hydroxylation sites is 1. The first-order valence-corrected chi connectivity index (χ1v) is 9.31. The van der Waals surface area contributed by atoms with Crippen LogP contribution in [0.1, 0.15) is 25.3 Å². The molecule has 2 amide bonds. The van der Waals surface area contributed by atoms with Crippen molar-refractivity contribution in [3.05, 3.63) is 65.2 Å². The first-order chi connectivity index (χ1) is 12.5. The normalized spacial score (nSPS) is 18.0. The maximum atomic E-state index is 12.6. The van der Waals surface area contributed by atoms with Gasteiger partial charge in [0.2, 0.25) is 11.8 Å². The Labute approximate surface area is 159 Å². The fraction of sp³-hybridized carbons (Fsp3) is 0.333. The van der Waals surface area contributed by atoms with Gasteiger partial charge in [0.1, 0.15) is 0 Å². The van der Waals surface area contributed by atoms with Crippen LogP contribution in [0, 0.1) is 5.92 Å². The maximum absolute atomic E-state index is 12.6. The van der Waals surface area contributed by atoms with Gasteiger partial charge < -0.3 is 10.2 Å². The third-order valence-corrected chi connectivity index (χ3v) is 5.06. The second-order valence-electron chi connectivity index (χ2n) is 6.79. The molecule has 1 N–H and O–H groups in total. The fourth-order valence-electron chi connectivity index (χ4n) is 3.25. The van der Waals surface area contributed by atoms with Crippen LogP contribution in [0.3, 0.4) is 0 Å². The zero-order valence-corrected chi connectivity index (χ0v) is 15.6. The van der Waals surface area contributed by atoms with Crippen LogP contribution in [0.25, 0.3) is 0 Å². The summed E-state index contributed by atoms with van der Waals surface area (Å²) in [6, 6.07) is 17.5. The Morgan fingerprint density at radius 1 is 1.19 bits per heavy atom. The molecule has 0 aliphatic carbocycles. The van der Waals surface area contributed by atoms with Crippen LogP contribution in [0.15, 0.2) is 54.6 Å². The zero-order chi connectivity index (χ0) is 18.5. The van der Waals surface area contributed by atoms with Crippen LogP contribution in [-0.2, 0) is 16.0 Å². The molecular weight excluding hydrogens is 348 g/mol. The number of carbonyl (C=O) groups is 2. The van der Waals surface area contributed by atoms with Gasteiger partial charge in [-0.05, 0) is 37.5 Å². The van der Waals surface area contributed by atoms with Gasteiger partial charge in [0, 0.05) is 19.0 Å². The van der Waals surface area contributed by atoms with Crippen molar-refractivity contribution >= 4 is 29.1 Å². The van der Waals surface area contributed by atoms with Crippen LogP contribution in [0.2, 0.25) is 5.02 Å². The number of nitrogens with one attached hydrogen (secondary N) is 1. The van der Waals surface area contributed by atoms with Crippen molar-refractivity contribution < 1.29 is 9.59 Å². The summed E-state index contributed by atoms with van der Waals surface area (Å²) in [6.45, 7) is 2.38. The molecule has 2 aromatic carbocycles. The number of nitrogens with zero attached hydrogens (tertiary/aromatic N) is 1. The molecule has 1 aliphatic heterocycles. The summed E-state index contributed by atoms with van der Waals surface area (Å²) in [5.41, 5.74) is 1.93. The lowest BCUT2D eigenvalue weighted by molar-refractivity contribution is -0.126. The van der Waals surface area contributed by atoms with Crippen molar-refractivity contribution in [2.45, 2.75) is 32.2 Å². The van der Waals surface area contributed by atoms with E-state index >= 15 is 0 Å². The number of hydrogen-bond acceptors (Lipinski definition) is 2. The lowest BCUT2D eigenvalue weighted by atomic mass is 10.0. The van der Waals surface area contributed by atoms with E-state index in [4.69, 9.17) is 11.6 Å². The van der Waals surface area contributed by atoms with E-state index in [1.165, 1.54) is 5.56 Å². The van der Waals surface area contributed by atoms with E-state index in [9.17, 15) is 9.59 Å². The van der Waals surface area contributed by atoms with E-state index in [0.717, 1.165) is 12.8 Å². The minimum Gasteiger partial charge on any atom is -0.353 e. The van der Waals surface area contributed by atoms with E-state index in [2.05, 4.69) is 17.4 Å². The van der Waals surface area contributed by atoms with Gasteiger partial charge in [-0.3, -0.25) is 9.59 Å². The number of aryl methyl sites for hydroxylation is 1. The number of halogens is 1. The number of benzene rings is 2. The van der Waals surface area contributed by atoms with Gasteiger partial charge in [0.05, 0.1) is 16.6 Å². The van der Waals surface area contributed by atoms with E-state index in [-0.39, 0.29) is 30.2 Å². The van der Waals surface area contributed by atoms with Gasteiger partial charge in [-0.15, -0.1) is 0 Å². The van der Waals surface area contributed by atoms with Gasteiger partial charge in [-0.1, -0.05) is 54.1 Å². The van der Waals surface area contributed by atoms with Crippen LogP contribution in [0.5, 0.6) is 0 Å². The van der Waals surface area contributed by atoms with Gasteiger partial charge >= 0.3 is 0 Å². The number of hydrogen-bond donors (Lipinski definition) is 1. The predicted octanol–water partition coefficient (Wildman–Crippen LogP) is 3.83. The smallest absolute Gasteiger partial charge is 0.227 e. The average Bonchev–Trinajstić information content (AvgIpc) is 3.03. The van der Waals surface area contributed by atoms with Crippen LogP contribution in [-0.4, -0.2) is 24.4 Å². The molecule has 1 fully saturated rings. The Balaban J connectivity index is 1.54. The quantitative estimate of drug-likeness (QED) is 0.840. The summed E-state index contributed by atoms with van der Waals surface area (Å²) in [5, 5.41) is 3.57. The van der Waals surface area contributed by atoms with Crippen molar-refractivity contribution in [3.8, 4) is 0 Å². The number of anilines is 1. The van der Waals surface area contributed by atoms with Gasteiger partial charge in [0.15, 0.2) is 0 Å². The molecule has 1 heterocycles. The Morgan fingerprint density at radius 3 is 2.62 bits per heavy atom. The topological polar surface area (TPSA) is 49.4 Å². The van der Waals surface area contributed by atoms with E-state index in [1.54, 1.807) is 11.0 Å². The van der Waals surface area contributed by atoms with E-state index in [0.29, 0.717) is 17.3 Å². The number of rotatable bonds is 6. The molecule has 4 nitrogen and oxygen atoms in total. The first-order valence-electron chi connectivity index (χ1n) is 8.94. The van der Waals surface area contributed by atoms with Gasteiger partial charge in [-0.25, -0.2) is 0 Å². The zero-order valence-electron chi connectivity index (χ0n) is 14.8. The summed E-state index contributed by atoms with van der Waals surface area (Å²) in [7, 11) is 0. The molecule has 0 aromatic heterocycles. The Hall–Kier alpha value is -2.33. The van der Waals surface area contributed by atoms with Crippen LogP contribution < -0.4 is 10.2 Å². The van der Waals surface area contributed by atoms with Gasteiger partial charge in [-0.2, -0.15) is 0 Å². The molecular formula is C21H23ClN2O2. The van der Waals surface area contributed by atoms with Crippen molar-refractivity contribution in [1.82, 2.24) is 5.32 Å². The second kappa shape index (κ2) is 8.37. The molecule has 0 spiro atoms. The molecule has 5 heteroatoms. The third kappa shape index (κ3) is 4.44. The summed E-state index contributed by atoms with van der Waals surface area (Å²) < 4.78 is 0. The predicted molar refractivity (Wildman–Crippen MR) is 104 cm³/mol. The minimum atomic E-state index is -0.335. The highest BCUT2D eigenvalue weighted by atomic mass is 35.5. The van der Waals surface area contributed by atoms with Crippen LogP contribution in [0.4, 0.5) is 5.69 Å². The molecule has 26 heavy (non-hydrogen) atoms. The fourth-order valence-corrected chi connectivity index (χ4v) is 3.49. The molecule has 3 rings (SSSR count). The molecule has 1 saturated heterocycles. The monoisotopic (exact) mass is 370 g/mol. The largest absolute Gasteiger partial charge is 0.353 e.